The van der Waals surface area contributed by atoms with Gasteiger partial charge in [0.1, 0.15) is 10.8 Å². The summed E-state index contributed by atoms with van der Waals surface area (Å²) in [6.45, 7) is 0. The number of para-hydroxylation sites is 1. The Hall–Kier alpha value is -3.31. The summed E-state index contributed by atoms with van der Waals surface area (Å²) in [6, 6.07) is 13.4. The van der Waals surface area contributed by atoms with Crippen LogP contribution in [-0.2, 0) is 11.2 Å². The zero-order valence-corrected chi connectivity index (χ0v) is 17.2. The molecule has 2 aromatic carbocycles. The number of phenolic OH excluding ortho intramolecular Hbond substituents is 1. The Morgan fingerprint density at radius 3 is 2.72 bits per heavy atom. The third-order valence-corrected chi connectivity index (χ3v) is 4.75. The molecule has 3 rings (SSSR count). The minimum absolute atomic E-state index is 0.0415. The van der Waals surface area contributed by atoms with E-state index >= 15 is 0 Å². The molecule has 148 valence electrons. The molecule has 0 spiro atoms. The van der Waals surface area contributed by atoms with E-state index in [1.807, 2.05) is 6.07 Å². The molecule has 0 bridgehead atoms. The number of nitrogens with one attached hydrogen (secondary N) is 3. The van der Waals surface area contributed by atoms with E-state index in [1.54, 1.807) is 36.4 Å². The van der Waals surface area contributed by atoms with Crippen molar-refractivity contribution in [2.45, 2.75) is 6.42 Å². The van der Waals surface area contributed by atoms with Gasteiger partial charge < -0.3 is 10.4 Å². The smallest absolute Gasteiger partial charge is 0.325 e. The average molecular weight is 475 g/mol. The molecule has 0 unspecified atom stereocenters. The van der Waals surface area contributed by atoms with Gasteiger partial charge in [0.25, 0.3) is 0 Å². The van der Waals surface area contributed by atoms with Crippen LogP contribution in [0.15, 0.2) is 58.1 Å². The van der Waals surface area contributed by atoms with Gasteiger partial charge in [0.2, 0.25) is 11.0 Å². The molecule has 9 nitrogen and oxygen atoms in total. The van der Waals surface area contributed by atoms with Crippen molar-refractivity contribution in [2.75, 3.05) is 10.6 Å². The van der Waals surface area contributed by atoms with Crippen molar-refractivity contribution in [2.24, 2.45) is 5.10 Å². The molecule has 3 aromatic rings. The zero-order chi connectivity index (χ0) is 20.6. The average Bonchev–Trinajstić information content (AvgIpc) is 3.11. The van der Waals surface area contributed by atoms with Crippen LogP contribution in [0.25, 0.3) is 0 Å². The number of halogens is 1. The molecular formula is C18H15BrN6O3S. The minimum atomic E-state index is -0.457. The molecule has 0 aliphatic heterocycles. The Morgan fingerprint density at radius 1 is 1.14 bits per heavy atom. The van der Waals surface area contributed by atoms with Gasteiger partial charge >= 0.3 is 6.03 Å². The van der Waals surface area contributed by atoms with E-state index in [4.69, 9.17) is 0 Å². The fourth-order valence-electron chi connectivity index (χ4n) is 2.14. The molecule has 0 saturated heterocycles. The van der Waals surface area contributed by atoms with Crippen molar-refractivity contribution in [3.05, 3.63) is 63.6 Å². The molecule has 0 fully saturated rings. The maximum atomic E-state index is 12.0. The van der Waals surface area contributed by atoms with Crippen molar-refractivity contribution >= 4 is 56.2 Å². The second kappa shape index (κ2) is 9.75. The molecule has 11 heteroatoms. The number of anilines is 2. The van der Waals surface area contributed by atoms with Crippen LogP contribution in [0.2, 0.25) is 0 Å². The summed E-state index contributed by atoms with van der Waals surface area (Å²) in [6.07, 6.45) is 1.28. The Balaban J connectivity index is 1.49. The first-order valence-electron chi connectivity index (χ1n) is 8.25. The van der Waals surface area contributed by atoms with Crippen molar-refractivity contribution < 1.29 is 14.7 Å². The standard InChI is InChI=1S/C18H15BrN6O3S/c19-12-6-7-14(26)11(8-12)10-20-23-15(27)9-16-24-25-18(29-16)22-17(28)21-13-4-2-1-3-5-13/h1-8,10,26H,9H2,(H,23,27)(H2,21,22,25,28)/b20-10+. The summed E-state index contributed by atoms with van der Waals surface area (Å²) in [5.41, 5.74) is 3.44. The fraction of sp³-hybridized carbons (Fsp3) is 0.0556. The number of hydrazone groups is 1. The lowest BCUT2D eigenvalue weighted by molar-refractivity contribution is -0.120. The Morgan fingerprint density at radius 2 is 1.93 bits per heavy atom. The number of carbonyl (C=O) groups excluding carboxylic acids is 2. The lowest BCUT2D eigenvalue weighted by atomic mass is 10.2. The summed E-state index contributed by atoms with van der Waals surface area (Å²) in [4.78, 5) is 23.9. The molecule has 0 aliphatic carbocycles. The van der Waals surface area contributed by atoms with Crippen LogP contribution in [0.4, 0.5) is 15.6 Å². The highest BCUT2D eigenvalue weighted by atomic mass is 79.9. The van der Waals surface area contributed by atoms with Gasteiger partial charge in [-0.05, 0) is 30.3 Å². The highest BCUT2D eigenvalue weighted by Gasteiger charge is 2.11. The number of rotatable bonds is 6. The van der Waals surface area contributed by atoms with Gasteiger partial charge in [-0.1, -0.05) is 45.5 Å². The maximum Gasteiger partial charge on any atom is 0.325 e. The van der Waals surface area contributed by atoms with E-state index in [0.29, 0.717) is 16.3 Å². The lowest BCUT2D eigenvalue weighted by Crippen LogP contribution is -2.19. The van der Waals surface area contributed by atoms with Crippen LogP contribution in [0.1, 0.15) is 10.6 Å². The van der Waals surface area contributed by atoms with Gasteiger partial charge in [0.15, 0.2) is 0 Å². The second-order valence-electron chi connectivity index (χ2n) is 5.62. The Kier molecular flexibility index (Phi) is 6.87. The maximum absolute atomic E-state index is 12.0. The number of benzene rings is 2. The van der Waals surface area contributed by atoms with Gasteiger partial charge in [-0.25, -0.2) is 10.2 Å². The molecule has 3 amide bonds. The Bertz CT molecular complexity index is 1040. The molecule has 0 saturated carbocycles. The summed E-state index contributed by atoms with van der Waals surface area (Å²) in [7, 11) is 0. The number of amides is 3. The quantitative estimate of drug-likeness (QED) is 0.321. The van der Waals surface area contributed by atoms with Crippen molar-refractivity contribution in [3.63, 3.8) is 0 Å². The summed E-state index contributed by atoms with van der Waals surface area (Å²) in [5.74, 6) is -0.369. The molecule has 1 aromatic heterocycles. The van der Waals surface area contributed by atoms with Crippen molar-refractivity contribution in [1.82, 2.24) is 15.6 Å². The van der Waals surface area contributed by atoms with E-state index in [9.17, 15) is 14.7 Å². The number of hydrogen-bond acceptors (Lipinski definition) is 7. The number of urea groups is 1. The first kappa shape index (κ1) is 20.4. The Labute approximate surface area is 178 Å². The van der Waals surface area contributed by atoms with Crippen LogP contribution in [0.3, 0.4) is 0 Å². The predicted molar refractivity (Wildman–Crippen MR) is 114 cm³/mol. The van der Waals surface area contributed by atoms with Gasteiger partial charge in [0.05, 0.1) is 12.6 Å². The molecular weight excluding hydrogens is 460 g/mol. The summed E-state index contributed by atoms with van der Waals surface area (Å²) in [5, 5.41) is 27.2. The topological polar surface area (TPSA) is 129 Å². The van der Waals surface area contributed by atoms with E-state index in [2.05, 4.69) is 47.3 Å². The van der Waals surface area contributed by atoms with Crippen LogP contribution in [0, 0.1) is 0 Å². The van der Waals surface area contributed by atoms with Gasteiger partial charge in [-0.15, -0.1) is 10.2 Å². The third kappa shape index (κ3) is 6.36. The molecule has 4 N–H and O–H groups in total. The van der Waals surface area contributed by atoms with Gasteiger partial charge in [0, 0.05) is 15.7 Å². The second-order valence-corrected chi connectivity index (χ2v) is 7.60. The predicted octanol–water partition coefficient (Wildman–Crippen LogP) is 3.34. The van der Waals surface area contributed by atoms with Gasteiger partial charge in [-0.2, -0.15) is 5.10 Å². The largest absolute Gasteiger partial charge is 0.507 e. The first-order valence-corrected chi connectivity index (χ1v) is 9.86. The lowest BCUT2D eigenvalue weighted by Gasteiger charge is -2.03. The number of nitrogens with zero attached hydrogens (tertiary/aromatic N) is 3. The molecule has 0 atom stereocenters. The van der Waals surface area contributed by atoms with E-state index < -0.39 is 11.9 Å². The highest BCUT2D eigenvalue weighted by molar-refractivity contribution is 9.10. The van der Waals surface area contributed by atoms with Crippen molar-refractivity contribution in [1.29, 1.82) is 0 Å². The fourth-order valence-corrected chi connectivity index (χ4v) is 3.25. The highest BCUT2D eigenvalue weighted by Crippen LogP contribution is 2.20. The number of aromatic nitrogens is 2. The number of hydrogen-bond donors (Lipinski definition) is 4. The number of carbonyl (C=O) groups is 2. The van der Waals surface area contributed by atoms with Crippen LogP contribution in [0.5, 0.6) is 5.75 Å². The SMILES string of the molecule is O=C(Cc1nnc(NC(=O)Nc2ccccc2)s1)N/N=C/c1cc(Br)ccc1O. The van der Waals surface area contributed by atoms with E-state index in [0.717, 1.165) is 15.8 Å². The van der Waals surface area contributed by atoms with Crippen molar-refractivity contribution in [3.8, 4) is 5.75 Å². The zero-order valence-electron chi connectivity index (χ0n) is 14.8. The van der Waals surface area contributed by atoms with Crippen LogP contribution < -0.4 is 16.1 Å². The summed E-state index contributed by atoms with van der Waals surface area (Å²) >= 11 is 4.37. The third-order valence-electron chi connectivity index (χ3n) is 3.41. The number of phenols is 1. The van der Waals surface area contributed by atoms with E-state index in [-0.39, 0.29) is 17.3 Å². The number of aromatic hydroxyl groups is 1. The van der Waals surface area contributed by atoms with Crippen LogP contribution >= 0.6 is 27.3 Å². The molecule has 29 heavy (non-hydrogen) atoms. The normalized spacial score (nSPS) is 10.7. The minimum Gasteiger partial charge on any atom is -0.507 e. The first-order chi connectivity index (χ1) is 14.0. The van der Waals surface area contributed by atoms with Gasteiger partial charge in [-0.3, -0.25) is 10.1 Å². The monoisotopic (exact) mass is 474 g/mol. The van der Waals surface area contributed by atoms with E-state index in [1.165, 1.54) is 12.3 Å². The van der Waals surface area contributed by atoms with Crippen LogP contribution in [-0.4, -0.2) is 33.5 Å². The molecule has 0 radical (unpaired) electrons. The molecule has 1 heterocycles. The molecule has 0 aliphatic rings. The summed E-state index contributed by atoms with van der Waals surface area (Å²) < 4.78 is 0.772.